The van der Waals surface area contributed by atoms with Crippen molar-refractivity contribution in [3.05, 3.63) is 69.3 Å². The van der Waals surface area contributed by atoms with E-state index in [4.69, 9.17) is 20.5 Å². The van der Waals surface area contributed by atoms with Crippen LogP contribution in [0.15, 0.2) is 69.3 Å². The quantitative estimate of drug-likeness (QED) is 0.0526. The van der Waals surface area contributed by atoms with Gasteiger partial charge in [-0.15, -0.1) is 0 Å². The van der Waals surface area contributed by atoms with Crippen molar-refractivity contribution in [3.8, 4) is 0 Å². The van der Waals surface area contributed by atoms with Crippen molar-refractivity contribution in [2.75, 3.05) is 0 Å². The summed E-state index contributed by atoms with van der Waals surface area (Å²) in [6.45, 7) is 15.9. The van der Waals surface area contributed by atoms with Crippen LogP contribution in [0.1, 0.15) is 120 Å². The number of allylic oxidation sites excluding steroid dienone is 10. The second kappa shape index (κ2) is 22.6. The number of carbonyl (C=O) groups is 2. The SMILES string of the molecule is CC(C)=CCCC(C)=CCCC(C)=C(O)CC(O[PH](=O)OC(CC(O)=C(C)CCC=C(C)CCC=C(C)C)C(N)=O)C(N)=O. The molecule has 9 nitrogen and oxygen atoms in total. The molecule has 2 amide bonds. The van der Waals surface area contributed by atoms with Gasteiger partial charge in [0, 0.05) is 12.8 Å². The molecule has 0 heterocycles. The van der Waals surface area contributed by atoms with E-state index in [1.165, 1.54) is 22.3 Å². The highest BCUT2D eigenvalue weighted by atomic mass is 31.1. The highest BCUT2D eigenvalue weighted by molar-refractivity contribution is 7.33. The van der Waals surface area contributed by atoms with Crippen molar-refractivity contribution in [2.45, 2.75) is 132 Å². The monoisotopic (exact) mass is 636 g/mol. The highest BCUT2D eigenvalue weighted by Crippen LogP contribution is 2.32. The van der Waals surface area contributed by atoms with E-state index in [0.29, 0.717) is 36.8 Å². The first-order valence-corrected chi connectivity index (χ1v) is 16.5. The summed E-state index contributed by atoms with van der Waals surface area (Å²) in [5.41, 5.74) is 17.2. The Labute approximate surface area is 265 Å². The molecule has 0 aliphatic carbocycles. The molecule has 0 aromatic rings. The standard InChI is InChI=1S/C34H57N2O7P/c1-23(2)13-9-15-25(5)17-11-19-27(7)29(37)21-31(33(35)39)42-44(41)43-32(34(36)40)22-30(38)28(8)20-12-18-26(6)16-10-14-24(3)4/h13-14,17-18,31-32,37-38,44H,9-12,15-16,19-22H2,1-8H3,(H2,35,39)(H2,36,40). The topological polar surface area (TPSA) is 162 Å². The average molecular weight is 637 g/mol. The molecule has 0 radical (unpaired) electrons. The van der Waals surface area contributed by atoms with Gasteiger partial charge in [-0.1, -0.05) is 46.6 Å². The van der Waals surface area contributed by atoms with E-state index >= 15 is 0 Å². The zero-order valence-electron chi connectivity index (χ0n) is 28.1. The Morgan fingerprint density at radius 2 is 0.932 bits per heavy atom. The first kappa shape index (κ1) is 41.1. The van der Waals surface area contributed by atoms with Gasteiger partial charge in [-0.25, -0.2) is 0 Å². The fraction of sp³-hybridized carbons (Fsp3) is 0.588. The Morgan fingerprint density at radius 3 is 1.23 bits per heavy atom. The Kier molecular flexibility index (Phi) is 21.1. The third kappa shape index (κ3) is 20.2. The van der Waals surface area contributed by atoms with Gasteiger partial charge in [-0.2, -0.15) is 0 Å². The van der Waals surface area contributed by atoms with Crippen LogP contribution in [0.5, 0.6) is 0 Å². The van der Waals surface area contributed by atoms with E-state index in [-0.39, 0.29) is 24.4 Å². The first-order valence-electron chi connectivity index (χ1n) is 15.3. The Bertz CT molecular complexity index is 1070. The number of hydrogen-bond acceptors (Lipinski definition) is 7. The van der Waals surface area contributed by atoms with Crippen LogP contribution in [0.4, 0.5) is 0 Å². The van der Waals surface area contributed by atoms with Gasteiger partial charge in [0.1, 0.15) is 0 Å². The summed E-state index contributed by atoms with van der Waals surface area (Å²) in [5, 5.41) is 21.1. The summed E-state index contributed by atoms with van der Waals surface area (Å²) >= 11 is 0. The second-order valence-corrected chi connectivity index (χ2v) is 12.9. The van der Waals surface area contributed by atoms with Gasteiger partial charge in [0.05, 0.1) is 11.5 Å². The van der Waals surface area contributed by atoms with Crippen molar-refractivity contribution in [1.29, 1.82) is 0 Å². The fourth-order valence-corrected chi connectivity index (χ4v) is 5.02. The number of carbonyl (C=O) groups excluding carboxylic acids is 2. The Hall–Kier alpha value is -2.87. The molecule has 6 N–H and O–H groups in total. The van der Waals surface area contributed by atoms with E-state index in [2.05, 4.69) is 65.8 Å². The number of primary amides is 2. The van der Waals surface area contributed by atoms with Gasteiger partial charge in [0.15, 0.2) is 12.2 Å². The molecule has 10 heteroatoms. The van der Waals surface area contributed by atoms with E-state index in [9.17, 15) is 24.4 Å². The molecule has 0 aliphatic rings. The number of nitrogens with two attached hydrogens (primary N) is 2. The van der Waals surface area contributed by atoms with Crippen LogP contribution in [-0.2, 0) is 23.2 Å². The van der Waals surface area contributed by atoms with Crippen LogP contribution in [0.2, 0.25) is 0 Å². The summed E-state index contributed by atoms with van der Waals surface area (Å²) in [6, 6.07) is 0. The summed E-state index contributed by atoms with van der Waals surface area (Å²) in [7, 11) is -3.45. The predicted octanol–water partition coefficient (Wildman–Crippen LogP) is 8.51. The number of aliphatic hydroxyl groups excluding tert-OH is 2. The van der Waals surface area contributed by atoms with Gasteiger partial charge < -0.3 is 21.7 Å². The molecule has 0 aromatic carbocycles. The summed E-state index contributed by atoms with van der Waals surface area (Å²) in [4.78, 5) is 24.0. The lowest BCUT2D eigenvalue weighted by Gasteiger charge is -2.18. The molecule has 0 aromatic heterocycles. The van der Waals surface area contributed by atoms with Crippen LogP contribution in [0.25, 0.3) is 0 Å². The minimum atomic E-state index is -3.45. The number of rotatable bonds is 22. The number of amides is 2. The third-order valence-electron chi connectivity index (χ3n) is 7.06. The third-order valence-corrected chi connectivity index (χ3v) is 8.02. The minimum absolute atomic E-state index is 0.0944. The summed E-state index contributed by atoms with van der Waals surface area (Å²) in [5.74, 6) is -2.08. The van der Waals surface area contributed by atoms with E-state index in [0.717, 1.165) is 25.7 Å². The van der Waals surface area contributed by atoms with Crippen LogP contribution < -0.4 is 11.5 Å². The highest BCUT2D eigenvalue weighted by Gasteiger charge is 2.26. The van der Waals surface area contributed by atoms with Crippen LogP contribution in [-0.4, -0.2) is 34.2 Å². The largest absolute Gasteiger partial charge is 0.512 e. The molecule has 2 atom stereocenters. The van der Waals surface area contributed by atoms with Crippen LogP contribution in [0, 0.1) is 0 Å². The van der Waals surface area contributed by atoms with E-state index < -0.39 is 32.3 Å². The number of hydrogen-bond donors (Lipinski definition) is 4. The Balaban J connectivity index is 5.13. The smallest absolute Gasteiger partial charge is 0.320 e. The van der Waals surface area contributed by atoms with Crippen LogP contribution >= 0.6 is 8.25 Å². The molecule has 0 spiro atoms. The fourth-order valence-electron chi connectivity index (χ4n) is 4.10. The maximum atomic E-state index is 12.6. The predicted molar refractivity (Wildman–Crippen MR) is 180 cm³/mol. The molecular formula is C34H57N2O7P. The zero-order chi connectivity index (χ0) is 33.8. The van der Waals surface area contributed by atoms with Gasteiger partial charge in [-0.05, 0) is 118 Å². The van der Waals surface area contributed by atoms with Gasteiger partial charge in [0.25, 0.3) is 0 Å². The lowest BCUT2D eigenvalue weighted by atomic mass is 10.0. The van der Waals surface area contributed by atoms with Crippen molar-refractivity contribution in [3.63, 3.8) is 0 Å². The van der Waals surface area contributed by atoms with E-state index in [1.807, 2.05) is 0 Å². The molecule has 0 fully saturated rings. The van der Waals surface area contributed by atoms with Gasteiger partial charge >= 0.3 is 8.25 Å². The second-order valence-electron chi connectivity index (χ2n) is 11.9. The van der Waals surface area contributed by atoms with Crippen molar-refractivity contribution < 1.29 is 33.4 Å². The van der Waals surface area contributed by atoms with Crippen molar-refractivity contribution in [1.82, 2.24) is 0 Å². The maximum Gasteiger partial charge on any atom is 0.320 e. The average Bonchev–Trinajstić information content (AvgIpc) is 2.91. The van der Waals surface area contributed by atoms with Crippen LogP contribution in [0.3, 0.4) is 0 Å². The normalized spacial score (nSPS) is 15.5. The number of aliphatic hydroxyl groups is 2. The first-order chi connectivity index (χ1) is 20.5. The van der Waals surface area contributed by atoms with E-state index in [1.54, 1.807) is 13.8 Å². The lowest BCUT2D eigenvalue weighted by molar-refractivity contribution is -0.126. The van der Waals surface area contributed by atoms with Gasteiger partial charge in [0.2, 0.25) is 11.8 Å². The molecule has 0 rings (SSSR count). The molecule has 0 bridgehead atoms. The van der Waals surface area contributed by atoms with Gasteiger partial charge in [-0.3, -0.25) is 23.2 Å². The minimum Gasteiger partial charge on any atom is -0.512 e. The molecule has 44 heavy (non-hydrogen) atoms. The molecule has 0 aliphatic heterocycles. The summed E-state index contributed by atoms with van der Waals surface area (Å²) in [6.07, 6.45) is 11.5. The molecule has 0 saturated carbocycles. The summed E-state index contributed by atoms with van der Waals surface area (Å²) < 4.78 is 23.1. The maximum absolute atomic E-state index is 12.6. The zero-order valence-corrected chi connectivity index (χ0v) is 29.1. The van der Waals surface area contributed by atoms with Crippen molar-refractivity contribution >= 4 is 20.1 Å². The van der Waals surface area contributed by atoms with Crippen molar-refractivity contribution in [2.24, 2.45) is 11.5 Å². The molecule has 250 valence electrons. The Morgan fingerprint density at radius 1 is 0.614 bits per heavy atom. The molecule has 0 saturated heterocycles. The lowest BCUT2D eigenvalue weighted by Crippen LogP contribution is -2.32. The molecular weight excluding hydrogens is 579 g/mol. The molecule has 2 unspecified atom stereocenters.